The van der Waals surface area contributed by atoms with Crippen molar-refractivity contribution in [1.29, 1.82) is 0 Å². The Balaban J connectivity index is 2.38. The van der Waals surface area contributed by atoms with E-state index in [-0.39, 0.29) is 0 Å². The molecule has 0 fully saturated rings. The van der Waals surface area contributed by atoms with E-state index in [1.165, 1.54) is 0 Å². The Labute approximate surface area is 81.3 Å². The summed E-state index contributed by atoms with van der Waals surface area (Å²) in [6.07, 6.45) is 0. The highest BCUT2D eigenvalue weighted by Crippen LogP contribution is 2.24. The summed E-state index contributed by atoms with van der Waals surface area (Å²) in [6.45, 7) is 1.89. The van der Waals surface area contributed by atoms with Crippen molar-refractivity contribution in [1.82, 2.24) is 0 Å². The molecule has 0 aliphatic heterocycles. The molecule has 0 radical (unpaired) electrons. The number of rotatable bonds is 2. The third-order valence-corrected chi connectivity index (χ3v) is 2.00. The van der Waals surface area contributed by atoms with E-state index >= 15 is 0 Å². The lowest BCUT2D eigenvalue weighted by molar-refractivity contribution is 0.548. The van der Waals surface area contributed by atoms with Gasteiger partial charge in [-0.05, 0) is 48.5 Å². The minimum absolute atomic E-state index is 0.428. The van der Waals surface area contributed by atoms with E-state index in [9.17, 15) is 4.91 Å². The third kappa shape index (κ3) is 1.57. The van der Waals surface area contributed by atoms with E-state index in [1.807, 2.05) is 31.2 Å². The number of benzene rings is 1. The average molecular weight is 187 g/mol. The van der Waals surface area contributed by atoms with Gasteiger partial charge in [-0.2, -0.15) is 0 Å². The van der Waals surface area contributed by atoms with Gasteiger partial charge in [-0.1, -0.05) is 0 Å². The molecule has 1 aromatic carbocycles. The number of hydrogen-bond acceptors (Lipinski definition) is 3. The zero-order chi connectivity index (χ0) is 9.97. The van der Waals surface area contributed by atoms with Gasteiger partial charge >= 0.3 is 0 Å². The Hall–Kier alpha value is -1.90. The van der Waals surface area contributed by atoms with E-state index in [2.05, 4.69) is 5.18 Å². The molecule has 0 unspecified atom stereocenters. The first-order chi connectivity index (χ1) is 6.79. The van der Waals surface area contributed by atoms with E-state index < -0.39 is 0 Å². The highest BCUT2D eigenvalue weighted by molar-refractivity contribution is 5.60. The molecule has 3 heteroatoms. The fourth-order valence-corrected chi connectivity index (χ4v) is 1.28. The molecular weight excluding hydrogens is 178 g/mol. The lowest BCUT2D eigenvalue weighted by Gasteiger charge is -1.95. The second-order valence-electron chi connectivity index (χ2n) is 3.05. The molecule has 0 atom stereocenters. The van der Waals surface area contributed by atoms with Crippen LogP contribution in [0.2, 0.25) is 0 Å². The van der Waals surface area contributed by atoms with Gasteiger partial charge in [0, 0.05) is 5.56 Å². The normalized spacial score (nSPS) is 10.1. The van der Waals surface area contributed by atoms with Gasteiger partial charge in [0.1, 0.15) is 17.2 Å². The van der Waals surface area contributed by atoms with Crippen LogP contribution in [0.1, 0.15) is 5.76 Å². The first-order valence-corrected chi connectivity index (χ1v) is 4.30. The van der Waals surface area contributed by atoms with Crippen LogP contribution in [-0.4, -0.2) is 0 Å². The maximum absolute atomic E-state index is 10.2. The molecule has 0 aliphatic rings. The molecule has 1 aromatic heterocycles. The zero-order valence-electron chi connectivity index (χ0n) is 7.73. The molecule has 2 rings (SSSR count). The van der Waals surface area contributed by atoms with Gasteiger partial charge in [0.2, 0.25) is 0 Å². The zero-order valence-corrected chi connectivity index (χ0v) is 7.73. The van der Waals surface area contributed by atoms with Gasteiger partial charge in [0.15, 0.2) is 0 Å². The van der Waals surface area contributed by atoms with Crippen molar-refractivity contribution in [2.24, 2.45) is 5.18 Å². The Bertz CT molecular complexity index is 443. The summed E-state index contributed by atoms with van der Waals surface area (Å²) in [6, 6.07) is 10.8. The van der Waals surface area contributed by atoms with Gasteiger partial charge in [0.05, 0.1) is 0 Å². The molecule has 3 nitrogen and oxygen atoms in total. The van der Waals surface area contributed by atoms with Crippen LogP contribution in [0, 0.1) is 11.8 Å². The molecule has 2 aromatic rings. The van der Waals surface area contributed by atoms with Crippen molar-refractivity contribution in [3.8, 4) is 11.3 Å². The van der Waals surface area contributed by atoms with Crippen molar-refractivity contribution in [3.05, 3.63) is 47.1 Å². The van der Waals surface area contributed by atoms with E-state index in [1.54, 1.807) is 12.1 Å². The molecule has 0 amide bonds. The second kappa shape index (κ2) is 3.46. The minimum atomic E-state index is 0.428. The first-order valence-electron chi connectivity index (χ1n) is 4.30. The van der Waals surface area contributed by atoms with Gasteiger partial charge < -0.3 is 4.42 Å². The largest absolute Gasteiger partial charge is 0.461 e. The Morgan fingerprint density at radius 3 is 2.29 bits per heavy atom. The minimum Gasteiger partial charge on any atom is -0.461 e. The smallest absolute Gasteiger partial charge is 0.134 e. The van der Waals surface area contributed by atoms with Crippen LogP contribution in [0.3, 0.4) is 0 Å². The lowest BCUT2D eigenvalue weighted by atomic mass is 10.1. The summed E-state index contributed by atoms with van der Waals surface area (Å²) in [4.78, 5) is 10.2. The molecule has 0 spiro atoms. The molecule has 0 saturated carbocycles. The number of furan rings is 1. The van der Waals surface area contributed by atoms with Crippen molar-refractivity contribution in [2.75, 3.05) is 0 Å². The molecule has 1 heterocycles. The standard InChI is InChI=1S/C11H9NO2/c1-8-2-7-11(14-8)9-3-5-10(12-13)6-4-9/h2-7H,1H3. The van der Waals surface area contributed by atoms with Gasteiger partial charge in [-0.3, -0.25) is 0 Å². The van der Waals surface area contributed by atoms with Gasteiger partial charge in [-0.15, -0.1) is 4.91 Å². The van der Waals surface area contributed by atoms with Crippen LogP contribution in [0.4, 0.5) is 5.69 Å². The monoisotopic (exact) mass is 187 g/mol. The Morgan fingerprint density at radius 1 is 1.07 bits per heavy atom. The predicted octanol–water partition coefficient (Wildman–Crippen LogP) is 3.65. The van der Waals surface area contributed by atoms with Crippen LogP contribution in [0.25, 0.3) is 11.3 Å². The second-order valence-corrected chi connectivity index (χ2v) is 3.05. The molecule has 70 valence electrons. The van der Waals surface area contributed by atoms with Crippen molar-refractivity contribution >= 4 is 5.69 Å². The number of hydrogen-bond donors (Lipinski definition) is 0. The maximum Gasteiger partial charge on any atom is 0.134 e. The van der Waals surface area contributed by atoms with Gasteiger partial charge in [0.25, 0.3) is 0 Å². The van der Waals surface area contributed by atoms with E-state index in [0.717, 1.165) is 17.1 Å². The molecule has 0 aliphatic carbocycles. The fraction of sp³-hybridized carbons (Fsp3) is 0.0909. The Kier molecular flexibility index (Phi) is 2.14. The molecular formula is C11H9NO2. The van der Waals surface area contributed by atoms with Crippen molar-refractivity contribution in [2.45, 2.75) is 6.92 Å². The predicted molar refractivity (Wildman–Crippen MR) is 54.3 cm³/mol. The molecule has 0 N–H and O–H groups in total. The van der Waals surface area contributed by atoms with E-state index in [4.69, 9.17) is 4.42 Å². The van der Waals surface area contributed by atoms with E-state index in [0.29, 0.717) is 5.69 Å². The van der Waals surface area contributed by atoms with Crippen molar-refractivity contribution < 1.29 is 4.42 Å². The third-order valence-electron chi connectivity index (χ3n) is 2.00. The van der Waals surface area contributed by atoms with Crippen LogP contribution < -0.4 is 0 Å². The summed E-state index contributed by atoms with van der Waals surface area (Å²) in [7, 11) is 0. The summed E-state index contributed by atoms with van der Waals surface area (Å²) in [5, 5.41) is 2.83. The average Bonchev–Trinajstić information content (AvgIpc) is 2.65. The van der Waals surface area contributed by atoms with Crippen LogP contribution in [-0.2, 0) is 0 Å². The quantitative estimate of drug-likeness (QED) is 0.673. The van der Waals surface area contributed by atoms with Crippen LogP contribution in [0.15, 0.2) is 46.0 Å². The van der Waals surface area contributed by atoms with Crippen LogP contribution >= 0.6 is 0 Å². The number of nitrogens with zero attached hydrogens (tertiary/aromatic N) is 1. The molecule has 0 saturated heterocycles. The van der Waals surface area contributed by atoms with Gasteiger partial charge in [-0.25, -0.2) is 0 Å². The molecule has 14 heavy (non-hydrogen) atoms. The summed E-state index contributed by atoms with van der Waals surface area (Å²) >= 11 is 0. The summed E-state index contributed by atoms with van der Waals surface area (Å²) < 4.78 is 5.43. The molecule has 0 bridgehead atoms. The Morgan fingerprint density at radius 2 is 1.79 bits per heavy atom. The highest BCUT2D eigenvalue weighted by Gasteiger charge is 2.01. The summed E-state index contributed by atoms with van der Waals surface area (Å²) in [5.41, 5.74) is 1.38. The maximum atomic E-state index is 10.2. The first kappa shape index (κ1) is 8.69. The SMILES string of the molecule is Cc1ccc(-c2ccc(N=O)cc2)o1. The fourth-order valence-electron chi connectivity index (χ4n) is 1.28. The summed E-state index contributed by atoms with van der Waals surface area (Å²) in [5.74, 6) is 1.68. The lowest BCUT2D eigenvalue weighted by Crippen LogP contribution is -1.71. The highest BCUT2D eigenvalue weighted by atomic mass is 16.3. The van der Waals surface area contributed by atoms with Crippen molar-refractivity contribution in [3.63, 3.8) is 0 Å². The number of aryl methyl sites for hydroxylation is 1. The number of nitroso groups, excluding NO2 is 1. The topological polar surface area (TPSA) is 42.6 Å². The van der Waals surface area contributed by atoms with Crippen LogP contribution in [0.5, 0.6) is 0 Å².